The zero-order valence-corrected chi connectivity index (χ0v) is 23.9. The van der Waals surface area contributed by atoms with Gasteiger partial charge in [0, 0.05) is 39.1 Å². The summed E-state index contributed by atoms with van der Waals surface area (Å²) >= 11 is 1.42. The summed E-state index contributed by atoms with van der Waals surface area (Å²) in [5.74, 6) is -3.37. The van der Waals surface area contributed by atoms with E-state index in [-0.39, 0.29) is 42.5 Å². The van der Waals surface area contributed by atoms with Crippen molar-refractivity contribution in [1.29, 1.82) is 0 Å². The lowest BCUT2D eigenvalue weighted by molar-refractivity contribution is -0.255. The number of carbonyl (C=O) groups is 5. The molecule has 0 saturated carbocycles. The zero-order valence-electron chi connectivity index (χ0n) is 23.1. The zero-order chi connectivity index (χ0) is 30.3. The molecule has 0 unspecified atom stereocenters. The number of ketones is 1. The Hall–Kier alpha value is -4.04. The standard InChI is InChI=1S/C27H31NO12S/c1-13-28-18(12-41-13)8-21(33)20-7-6-19(9-22(20)34)36-11-24-26(38-16(4)31)27(39-17(5)32)25(37-15(3)30)23(40-24)10-35-14(2)29/h6-7,9,12,23-27,34H,8,10-11H2,1-5H3/t23-,24+,25-,26+,27+/m1/s1. The number of hydrogen-bond acceptors (Lipinski definition) is 14. The average Bonchev–Trinajstić information content (AvgIpc) is 3.27. The summed E-state index contributed by atoms with van der Waals surface area (Å²) in [5.41, 5.74) is 0.677. The molecule has 0 radical (unpaired) electrons. The molecule has 2 heterocycles. The number of carbonyl (C=O) groups excluding carboxylic acids is 5. The van der Waals surface area contributed by atoms with Gasteiger partial charge in [0.2, 0.25) is 0 Å². The van der Waals surface area contributed by atoms with E-state index in [4.69, 9.17) is 28.4 Å². The maximum Gasteiger partial charge on any atom is 0.303 e. The molecule has 1 N–H and O–H groups in total. The van der Waals surface area contributed by atoms with E-state index in [0.717, 1.165) is 25.8 Å². The first-order chi connectivity index (χ1) is 19.3. The Kier molecular flexibility index (Phi) is 10.8. The van der Waals surface area contributed by atoms with E-state index in [9.17, 15) is 29.1 Å². The molecule has 1 aliphatic heterocycles. The van der Waals surface area contributed by atoms with Gasteiger partial charge in [0.15, 0.2) is 24.1 Å². The second-order valence-corrected chi connectivity index (χ2v) is 10.2. The van der Waals surface area contributed by atoms with Gasteiger partial charge in [-0.1, -0.05) is 0 Å². The van der Waals surface area contributed by atoms with Crippen LogP contribution in [0, 0.1) is 6.92 Å². The number of phenols is 1. The quantitative estimate of drug-likeness (QED) is 0.228. The fourth-order valence-corrected chi connectivity index (χ4v) is 4.83. The number of benzene rings is 1. The Labute approximate surface area is 239 Å². The molecule has 1 aliphatic rings. The molecular weight excluding hydrogens is 562 g/mol. The Bertz CT molecular complexity index is 1290. The SMILES string of the molecule is CC(=O)OC[C@H]1O[C@@H](COc2ccc(C(=O)Cc3csc(C)n3)c(O)c2)[C@H](OC(C)=O)[C@@H](OC(C)=O)[C@@H]1OC(C)=O. The van der Waals surface area contributed by atoms with Gasteiger partial charge in [-0.25, -0.2) is 4.98 Å². The minimum absolute atomic E-state index is 0.0167. The fourth-order valence-electron chi connectivity index (χ4n) is 4.22. The van der Waals surface area contributed by atoms with Crippen LogP contribution < -0.4 is 4.74 Å². The van der Waals surface area contributed by atoms with Crippen molar-refractivity contribution in [2.24, 2.45) is 0 Å². The normalized spacial score (nSPS) is 21.8. The molecule has 0 amide bonds. The summed E-state index contributed by atoms with van der Waals surface area (Å²) in [6.07, 6.45) is -6.10. The number of hydrogen-bond donors (Lipinski definition) is 1. The first-order valence-corrected chi connectivity index (χ1v) is 13.4. The summed E-state index contributed by atoms with van der Waals surface area (Å²) in [6, 6.07) is 4.11. The molecule has 1 fully saturated rings. The number of phenolic OH excluding ortho intramolecular Hbond substituents is 1. The number of aromatic hydroxyl groups is 1. The number of rotatable bonds is 11. The van der Waals surface area contributed by atoms with Gasteiger partial charge in [-0.2, -0.15) is 0 Å². The number of aryl methyl sites for hydroxylation is 1. The molecule has 0 bridgehead atoms. The number of nitrogens with zero attached hydrogens (tertiary/aromatic N) is 1. The number of thiazole rings is 1. The summed E-state index contributed by atoms with van der Waals surface area (Å²) < 4.78 is 33.0. The second-order valence-electron chi connectivity index (χ2n) is 9.19. The monoisotopic (exact) mass is 593 g/mol. The van der Waals surface area contributed by atoms with E-state index >= 15 is 0 Å². The maximum atomic E-state index is 12.7. The molecule has 1 aromatic carbocycles. The molecule has 0 aliphatic carbocycles. The minimum Gasteiger partial charge on any atom is -0.507 e. The van der Waals surface area contributed by atoms with Crippen LogP contribution in [-0.2, 0) is 49.3 Å². The highest BCUT2D eigenvalue weighted by Crippen LogP contribution is 2.31. The third kappa shape index (κ3) is 8.98. The van der Waals surface area contributed by atoms with Gasteiger partial charge < -0.3 is 33.5 Å². The highest BCUT2D eigenvalue weighted by atomic mass is 32.1. The van der Waals surface area contributed by atoms with Crippen LogP contribution in [-0.4, -0.2) is 83.5 Å². The van der Waals surface area contributed by atoms with Crippen molar-refractivity contribution in [3.8, 4) is 11.5 Å². The molecular formula is C27H31NO12S. The second kappa shape index (κ2) is 14.0. The van der Waals surface area contributed by atoms with E-state index < -0.39 is 54.4 Å². The van der Waals surface area contributed by atoms with Gasteiger partial charge in [0.25, 0.3) is 0 Å². The summed E-state index contributed by atoms with van der Waals surface area (Å²) in [7, 11) is 0. The molecule has 14 heteroatoms. The maximum absolute atomic E-state index is 12.7. The molecule has 1 aromatic heterocycles. The molecule has 5 atom stereocenters. The van der Waals surface area contributed by atoms with Gasteiger partial charge in [0.05, 0.1) is 22.7 Å². The Morgan fingerprint density at radius 1 is 0.878 bits per heavy atom. The number of ether oxygens (including phenoxy) is 6. The molecule has 222 valence electrons. The highest BCUT2D eigenvalue weighted by Gasteiger charge is 2.52. The van der Waals surface area contributed by atoms with Crippen molar-refractivity contribution in [1.82, 2.24) is 4.98 Å². The van der Waals surface area contributed by atoms with Crippen LogP contribution in [0.4, 0.5) is 0 Å². The van der Waals surface area contributed by atoms with Crippen LogP contribution >= 0.6 is 11.3 Å². The van der Waals surface area contributed by atoms with E-state index in [0.29, 0.717) is 5.69 Å². The smallest absolute Gasteiger partial charge is 0.303 e. The van der Waals surface area contributed by atoms with Gasteiger partial charge in [-0.3, -0.25) is 24.0 Å². The lowest BCUT2D eigenvalue weighted by Gasteiger charge is -2.44. The van der Waals surface area contributed by atoms with Crippen LogP contribution in [0.3, 0.4) is 0 Å². The van der Waals surface area contributed by atoms with Crippen molar-refractivity contribution < 1.29 is 57.5 Å². The van der Waals surface area contributed by atoms with Crippen LogP contribution in [0.1, 0.15) is 48.8 Å². The lowest BCUT2D eigenvalue weighted by Crippen LogP contribution is -2.63. The third-order valence-corrected chi connectivity index (χ3v) is 6.60. The predicted octanol–water partition coefficient (Wildman–Crippen LogP) is 2.09. The fraction of sp³-hybridized carbons (Fsp3) is 0.481. The van der Waals surface area contributed by atoms with Crippen LogP contribution in [0.25, 0.3) is 0 Å². The number of esters is 4. The molecule has 13 nitrogen and oxygen atoms in total. The largest absolute Gasteiger partial charge is 0.507 e. The van der Waals surface area contributed by atoms with Crippen molar-refractivity contribution >= 4 is 41.0 Å². The summed E-state index contributed by atoms with van der Waals surface area (Å²) in [5, 5.41) is 13.1. The Morgan fingerprint density at radius 2 is 1.46 bits per heavy atom. The summed E-state index contributed by atoms with van der Waals surface area (Å²) in [4.78, 5) is 64.2. The van der Waals surface area contributed by atoms with E-state index in [2.05, 4.69) is 4.98 Å². The first kappa shape index (κ1) is 31.5. The van der Waals surface area contributed by atoms with Crippen molar-refractivity contribution in [3.63, 3.8) is 0 Å². The third-order valence-electron chi connectivity index (χ3n) is 5.78. The highest BCUT2D eigenvalue weighted by molar-refractivity contribution is 7.09. The van der Waals surface area contributed by atoms with Gasteiger partial charge in [0.1, 0.15) is 36.9 Å². The van der Waals surface area contributed by atoms with E-state index in [1.54, 1.807) is 5.38 Å². The van der Waals surface area contributed by atoms with Crippen molar-refractivity contribution in [3.05, 3.63) is 39.8 Å². The summed E-state index contributed by atoms with van der Waals surface area (Å²) in [6.45, 7) is 5.72. The van der Waals surface area contributed by atoms with Crippen molar-refractivity contribution in [2.45, 2.75) is 71.6 Å². The van der Waals surface area contributed by atoms with Gasteiger partial charge in [-0.15, -0.1) is 11.3 Å². The molecule has 0 spiro atoms. The topological polar surface area (TPSA) is 174 Å². The average molecular weight is 594 g/mol. The van der Waals surface area contributed by atoms with Crippen molar-refractivity contribution in [2.75, 3.05) is 13.2 Å². The van der Waals surface area contributed by atoms with E-state index in [1.165, 1.54) is 36.5 Å². The molecule has 41 heavy (non-hydrogen) atoms. The van der Waals surface area contributed by atoms with Gasteiger partial charge >= 0.3 is 23.9 Å². The molecule has 2 aromatic rings. The minimum atomic E-state index is -1.33. The molecule has 3 rings (SSSR count). The van der Waals surface area contributed by atoms with Crippen LogP contribution in [0.2, 0.25) is 0 Å². The predicted molar refractivity (Wildman–Crippen MR) is 140 cm³/mol. The van der Waals surface area contributed by atoms with Crippen LogP contribution in [0.5, 0.6) is 11.5 Å². The Morgan fingerprint density at radius 3 is 1.98 bits per heavy atom. The lowest BCUT2D eigenvalue weighted by atomic mass is 9.94. The van der Waals surface area contributed by atoms with Gasteiger partial charge in [-0.05, 0) is 19.1 Å². The van der Waals surface area contributed by atoms with Crippen LogP contribution in [0.15, 0.2) is 23.6 Å². The first-order valence-electron chi connectivity index (χ1n) is 12.5. The number of Topliss-reactive ketones (excluding diaryl/α,β-unsaturated/α-hetero) is 1. The Balaban J connectivity index is 1.82. The number of aromatic nitrogens is 1. The van der Waals surface area contributed by atoms with E-state index in [1.807, 2.05) is 6.92 Å². The molecule has 1 saturated heterocycles.